The van der Waals surface area contributed by atoms with E-state index in [1.165, 1.54) is 0 Å². The van der Waals surface area contributed by atoms with Gasteiger partial charge in [-0.2, -0.15) is 5.10 Å². The molecule has 1 saturated heterocycles. The van der Waals surface area contributed by atoms with Crippen LogP contribution in [-0.2, 0) is 16.5 Å². The highest BCUT2D eigenvalue weighted by molar-refractivity contribution is 6.00. The number of amides is 1. The standard InChI is InChI=1S/C21H30N6O3/c1-21(2,3)30-20(28)26-8-6-7-14(13-26)17-9-18(29-5)27-19(24-17)16(11-23-27)15-10-22-25(4)12-15/h9-10,12,14,23H,6-8,11,13H2,1-5H3. The largest absolute Gasteiger partial charge is 0.481 e. The molecule has 0 spiro atoms. The first kappa shape index (κ1) is 20.5. The van der Waals surface area contributed by atoms with E-state index in [1.807, 2.05) is 51.3 Å². The van der Waals surface area contributed by atoms with E-state index in [9.17, 15) is 4.79 Å². The molecule has 1 aromatic rings. The number of allylic oxidation sites excluding steroid dienone is 1. The zero-order valence-electron chi connectivity index (χ0n) is 18.3. The second-order valence-corrected chi connectivity index (χ2v) is 8.86. The van der Waals surface area contributed by atoms with Gasteiger partial charge in [0.1, 0.15) is 5.60 Å². The van der Waals surface area contributed by atoms with Crippen LogP contribution in [0.4, 0.5) is 4.79 Å². The number of rotatable bonds is 3. The number of aliphatic imine (C=N–C) groups is 1. The molecule has 0 aromatic carbocycles. The van der Waals surface area contributed by atoms with E-state index < -0.39 is 5.60 Å². The third kappa shape index (κ3) is 4.07. The zero-order chi connectivity index (χ0) is 21.5. The molecule has 1 atom stereocenters. The van der Waals surface area contributed by atoms with Crippen LogP contribution in [0.1, 0.15) is 39.2 Å². The number of aromatic nitrogens is 2. The number of carbonyl (C=O) groups excluding carboxylic acids is 1. The first-order valence-corrected chi connectivity index (χ1v) is 10.3. The van der Waals surface area contributed by atoms with Gasteiger partial charge in [0.2, 0.25) is 5.88 Å². The van der Waals surface area contributed by atoms with Gasteiger partial charge in [0.15, 0.2) is 5.82 Å². The van der Waals surface area contributed by atoms with Gasteiger partial charge in [0, 0.05) is 56.0 Å². The molecular weight excluding hydrogens is 384 g/mol. The fraction of sp³-hybridized carbons (Fsp3) is 0.571. The quantitative estimate of drug-likeness (QED) is 0.818. The molecule has 3 aliphatic heterocycles. The Morgan fingerprint density at radius 3 is 2.80 bits per heavy atom. The Morgan fingerprint density at radius 2 is 2.13 bits per heavy atom. The van der Waals surface area contributed by atoms with Crippen LogP contribution in [0.3, 0.4) is 0 Å². The van der Waals surface area contributed by atoms with Crippen molar-refractivity contribution in [1.29, 1.82) is 0 Å². The fourth-order valence-corrected chi connectivity index (χ4v) is 3.97. The smallest absolute Gasteiger partial charge is 0.410 e. The number of methoxy groups -OCH3 is 1. The number of nitrogens with zero attached hydrogens (tertiary/aromatic N) is 5. The normalized spacial score (nSPS) is 22.0. The van der Waals surface area contributed by atoms with E-state index >= 15 is 0 Å². The van der Waals surface area contributed by atoms with Gasteiger partial charge >= 0.3 is 6.09 Å². The van der Waals surface area contributed by atoms with E-state index in [2.05, 4.69) is 10.5 Å². The molecule has 9 heteroatoms. The highest BCUT2D eigenvalue weighted by atomic mass is 16.6. The summed E-state index contributed by atoms with van der Waals surface area (Å²) in [6, 6.07) is 0. The number of piperidine rings is 1. The summed E-state index contributed by atoms with van der Waals surface area (Å²) in [5, 5.41) is 6.16. The molecule has 4 heterocycles. The lowest BCUT2D eigenvalue weighted by atomic mass is 9.92. The van der Waals surface area contributed by atoms with Crippen LogP contribution in [-0.4, -0.2) is 63.8 Å². The number of hydrazine groups is 1. The summed E-state index contributed by atoms with van der Waals surface area (Å²) in [5.41, 5.74) is 5.86. The third-order valence-corrected chi connectivity index (χ3v) is 5.38. The maximum absolute atomic E-state index is 12.6. The van der Waals surface area contributed by atoms with E-state index in [0.717, 1.165) is 35.5 Å². The Morgan fingerprint density at radius 1 is 1.33 bits per heavy atom. The van der Waals surface area contributed by atoms with Gasteiger partial charge in [-0.25, -0.2) is 20.2 Å². The van der Waals surface area contributed by atoms with Crippen LogP contribution in [0.15, 0.2) is 35.2 Å². The summed E-state index contributed by atoms with van der Waals surface area (Å²) < 4.78 is 13.0. The first-order chi connectivity index (χ1) is 14.2. The van der Waals surface area contributed by atoms with Crippen molar-refractivity contribution in [3.63, 3.8) is 0 Å². The number of hydrogen-bond acceptors (Lipinski definition) is 7. The molecule has 3 aliphatic rings. The van der Waals surface area contributed by atoms with Crippen molar-refractivity contribution in [3.05, 3.63) is 35.7 Å². The van der Waals surface area contributed by atoms with E-state index in [0.29, 0.717) is 25.5 Å². The topological polar surface area (TPSA) is 84.2 Å². The minimum absolute atomic E-state index is 0.127. The van der Waals surface area contributed by atoms with Gasteiger partial charge in [-0.1, -0.05) is 0 Å². The molecule has 9 nitrogen and oxygen atoms in total. The Balaban J connectivity index is 1.61. The number of likely N-dealkylation sites (tertiary alicyclic amines) is 1. The predicted molar refractivity (Wildman–Crippen MR) is 113 cm³/mol. The lowest BCUT2D eigenvalue weighted by Crippen LogP contribution is -2.45. The lowest BCUT2D eigenvalue weighted by molar-refractivity contribution is 0.0194. The van der Waals surface area contributed by atoms with Crippen molar-refractivity contribution in [2.75, 3.05) is 26.7 Å². The van der Waals surface area contributed by atoms with Crippen LogP contribution in [0.2, 0.25) is 0 Å². The summed E-state index contributed by atoms with van der Waals surface area (Å²) >= 11 is 0. The molecule has 0 radical (unpaired) electrons. The van der Waals surface area contributed by atoms with Gasteiger partial charge in [-0.3, -0.25) is 4.68 Å². The Hall–Kier alpha value is -2.81. The van der Waals surface area contributed by atoms with Crippen molar-refractivity contribution in [3.8, 4) is 0 Å². The molecule has 0 saturated carbocycles. The second-order valence-electron chi connectivity index (χ2n) is 8.86. The number of fused-ring (bicyclic) bond motifs is 1. The molecule has 4 rings (SSSR count). The highest BCUT2D eigenvalue weighted by Gasteiger charge is 2.35. The van der Waals surface area contributed by atoms with Crippen LogP contribution >= 0.6 is 0 Å². The summed E-state index contributed by atoms with van der Waals surface area (Å²) in [5.74, 6) is 1.65. The second kappa shape index (κ2) is 7.79. The van der Waals surface area contributed by atoms with Gasteiger partial charge in [0.05, 0.1) is 19.0 Å². The van der Waals surface area contributed by atoms with Crippen LogP contribution in [0, 0.1) is 5.92 Å². The van der Waals surface area contributed by atoms with Crippen LogP contribution in [0.5, 0.6) is 0 Å². The molecule has 0 aliphatic carbocycles. The van der Waals surface area contributed by atoms with Crippen molar-refractivity contribution in [2.24, 2.45) is 18.0 Å². The van der Waals surface area contributed by atoms with Crippen molar-refractivity contribution in [1.82, 2.24) is 25.1 Å². The molecule has 0 bridgehead atoms. The van der Waals surface area contributed by atoms with Crippen LogP contribution < -0.4 is 5.43 Å². The Labute approximate surface area is 177 Å². The van der Waals surface area contributed by atoms with E-state index in [1.54, 1.807) is 16.7 Å². The molecule has 1 amide bonds. The Bertz CT molecular complexity index is 923. The van der Waals surface area contributed by atoms with Crippen molar-refractivity contribution >= 4 is 17.4 Å². The number of carbonyl (C=O) groups is 1. The molecule has 30 heavy (non-hydrogen) atoms. The van der Waals surface area contributed by atoms with Crippen molar-refractivity contribution in [2.45, 2.75) is 39.2 Å². The SMILES string of the molecule is COC1=CC(C2CCCN(C(=O)OC(C)(C)C)C2)=NC2=C(c3cnn(C)c3)CNN12. The fourth-order valence-electron chi connectivity index (χ4n) is 3.97. The summed E-state index contributed by atoms with van der Waals surface area (Å²) in [7, 11) is 3.56. The van der Waals surface area contributed by atoms with Gasteiger partial charge < -0.3 is 14.4 Å². The number of ether oxygens (including phenoxy) is 2. The maximum atomic E-state index is 12.6. The number of nitrogens with one attached hydrogen (secondary N) is 1. The molecular formula is C21H30N6O3. The zero-order valence-corrected chi connectivity index (χ0v) is 18.3. The average molecular weight is 415 g/mol. The van der Waals surface area contributed by atoms with Gasteiger partial charge in [-0.15, -0.1) is 0 Å². The summed E-state index contributed by atoms with van der Waals surface area (Å²) in [6.07, 6.45) is 7.41. The molecule has 1 unspecified atom stereocenters. The van der Waals surface area contributed by atoms with E-state index in [4.69, 9.17) is 14.5 Å². The minimum atomic E-state index is -0.505. The number of hydrogen-bond donors (Lipinski definition) is 1. The van der Waals surface area contributed by atoms with Crippen molar-refractivity contribution < 1.29 is 14.3 Å². The third-order valence-electron chi connectivity index (χ3n) is 5.38. The lowest BCUT2D eigenvalue weighted by Gasteiger charge is -2.35. The van der Waals surface area contributed by atoms with Crippen LogP contribution in [0.25, 0.3) is 5.57 Å². The Kier molecular flexibility index (Phi) is 5.31. The van der Waals surface area contributed by atoms with Gasteiger partial charge in [0.25, 0.3) is 0 Å². The van der Waals surface area contributed by atoms with E-state index in [-0.39, 0.29) is 12.0 Å². The molecule has 1 fully saturated rings. The first-order valence-electron chi connectivity index (χ1n) is 10.3. The number of aryl methyl sites for hydroxylation is 1. The minimum Gasteiger partial charge on any atom is -0.481 e. The summed E-state index contributed by atoms with van der Waals surface area (Å²) in [4.78, 5) is 19.3. The van der Waals surface area contributed by atoms with Gasteiger partial charge in [-0.05, 0) is 33.6 Å². The highest BCUT2D eigenvalue weighted by Crippen LogP contribution is 2.33. The molecule has 1 N–H and O–H groups in total. The summed E-state index contributed by atoms with van der Waals surface area (Å²) in [6.45, 7) is 7.60. The molecule has 1 aromatic heterocycles. The average Bonchev–Trinajstić information content (AvgIpc) is 3.31. The predicted octanol–water partition coefficient (Wildman–Crippen LogP) is 2.50. The maximum Gasteiger partial charge on any atom is 0.410 e. The monoisotopic (exact) mass is 414 g/mol. The molecule has 162 valence electrons.